The zero-order chi connectivity index (χ0) is 13.4. The lowest BCUT2D eigenvalue weighted by molar-refractivity contribution is 0.439. The minimum absolute atomic E-state index is 0.319. The molecule has 3 rings (SSSR count). The average molecular weight is 254 g/mol. The highest BCUT2D eigenvalue weighted by atomic mass is 16.5. The first-order valence-corrected chi connectivity index (χ1v) is 5.99. The van der Waals surface area contributed by atoms with Crippen LogP contribution in [0.3, 0.4) is 0 Å². The van der Waals surface area contributed by atoms with Gasteiger partial charge in [-0.05, 0) is 19.4 Å². The van der Waals surface area contributed by atoms with Crippen molar-refractivity contribution in [3.05, 3.63) is 41.7 Å². The summed E-state index contributed by atoms with van der Waals surface area (Å²) in [5.41, 5.74) is 11.4. The van der Waals surface area contributed by atoms with E-state index in [-0.39, 0.29) is 0 Å². The summed E-state index contributed by atoms with van der Waals surface area (Å²) in [5, 5.41) is 11.0. The number of rotatable bonds is 2. The van der Waals surface area contributed by atoms with Gasteiger partial charge in [-0.1, -0.05) is 35.0 Å². The van der Waals surface area contributed by atoms with E-state index in [0.717, 1.165) is 22.4 Å². The van der Waals surface area contributed by atoms with Crippen molar-refractivity contribution in [2.45, 2.75) is 13.8 Å². The van der Waals surface area contributed by atoms with E-state index in [0.29, 0.717) is 11.6 Å². The number of hydrogen-bond donors (Lipinski definition) is 2. The first-order chi connectivity index (χ1) is 9.16. The third-order valence-corrected chi connectivity index (χ3v) is 3.14. The van der Waals surface area contributed by atoms with Crippen LogP contribution in [-0.2, 0) is 0 Å². The Bertz CT molecular complexity index is 709. The maximum Gasteiger partial charge on any atom is 0.230 e. The molecule has 5 heteroatoms. The number of aryl methyl sites for hydroxylation is 2. The molecule has 0 aliphatic carbocycles. The van der Waals surface area contributed by atoms with Crippen LogP contribution >= 0.6 is 0 Å². The Labute approximate surface area is 110 Å². The molecule has 0 aliphatic heterocycles. The molecule has 0 atom stereocenters. The molecule has 96 valence electrons. The summed E-state index contributed by atoms with van der Waals surface area (Å²) < 4.78 is 5.15. The van der Waals surface area contributed by atoms with Gasteiger partial charge in [-0.25, -0.2) is 0 Å². The molecule has 2 aromatic heterocycles. The highest BCUT2D eigenvalue weighted by molar-refractivity contribution is 5.87. The molecular weight excluding hydrogens is 240 g/mol. The fourth-order valence-corrected chi connectivity index (χ4v) is 2.08. The molecule has 3 N–H and O–H groups in total. The molecule has 0 unspecified atom stereocenters. The van der Waals surface area contributed by atoms with Crippen LogP contribution in [0.1, 0.15) is 11.3 Å². The van der Waals surface area contributed by atoms with Gasteiger partial charge in [0.15, 0.2) is 0 Å². The summed E-state index contributed by atoms with van der Waals surface area (Å²) in [6.07, 6.45) is 1.73. The van der Waals surface area contributed by atoms with E-state index >= 15 is 0 Å². The van der Waals surface area contributed by atoms with Crippen molar-refractivity contribution in [3.63, 3.8) is 0 Å². The molecule has 0 saturated carbocycles. The number of aromatic amines is 1. The summed E-state index contributed by atoms with van der Waals surface area (Å²) in [7, 11) is 0. The van der Waals surface area contributed by atoms with Crippen molar-refractivity contribution in [2.75, 3.05) is 5.73 Å². The summed E-state index contributed by atoms with van der Waals surface area (Å²) in [4.78, 5) is 0. The van der Waals surface area contributed by atoms with Gasteiger partial charge in [0.2, 0.25) is 5.88 Å². The number of nitrogens with one attached hydrogen (secondary N) is 1. The average Bonchev–Trinajstić information content (AvgIpc) is 2.97. The first-order valence-electron chi connectivity index (χ1n) is 5.99. The molecule has 1 aromatic carbocycles. The van der Waals surface area contributed by atoms with E-state index in [1.54, 1.807) is 6.20 Å². The number of nitrogens with two attached hydrogens (primary N) is 1. The molecule has 0 radical (unpaired) electrons. The molecule has 5 nitrogen and oxygen atoms in total. The summed E-state index contributed by atoms with van der Waals surface area (Å²) in [6, 6.07) is 8.09. The van der Waals surface area contributed by atoms with Gasteiger partial charge >= 0.3 is 0 Å². The Morgan fingerprint density at radius 1 is 1.16 bits per heavy atom. The molecule has 2 heterocycles. The molecular formula is C14H14N4O. The second-order valence-electron chi connectivity index (χ2n) is 4.55. The van der Waals surface area contributed by atoms with Crippen LogP contribution in [-0.4, -0.2) is 15.4 Å². The Kier molecular flexibility index (Phi) is 2.59. The van der Waals surface area contributed by atoms with Gasteiger partial charge in [0, 0.05) is 11.3 Å². The van der Waals surface area contributed by atoms with E-state index in [4.69, 9.17) is 10.3 Å². The lowest BCUT2D eigenvalue weighted by Crippen LogP contribution is -1.88. The van der Waals surface area contributed by atoms with Crippen LogP contribution in [0.4, 0.5) is 5.88 Å². The lowest BCUT2D eigenvalue weighted by atomic mass is 10.0. The van der Waals surface area contributed by atoms with Gasteiger partial charge in [-0.2, -0.15) is 5.10 Å². The summed E-state index contributed by atoms with van der Waals surface area (Å²) >= 11 is 0. The summed E-state index contributed by atoms with van der Waals surface area (Å²) in [5.74, 6) is 0.319. The van der Waals surface area contributed by atoms with Crippen molar-refractivity contribution in [3.8, 4) is 22.4 Å². The second kappa shape index (κ2) is 4.28. The van der Waals surface area contributed by atoms with E-state index < -0.39 is 0 Å². The van der Waals surface area contributed by atoms with Gasteiger partial charge in [0.25, 0.3) is 0 Å². The molecule has 0 aliphatic rings. The minimum Gasteiger partial charge on any atom is -0.367 e. The quantitative estimate of drug-likeness (QED) is 0.736. The Balaban J connectivity index is 2.19. The van der Waals surface area contributed by atoms with Crippen molar-refractivity contribution in [2.24, 2.45) is 0 Å². The van der Waals surface area contributed by atoms with Crippen LogP contribution in [0.2, 0.25) is 0 Å². The highest BCUT2D eigenvalue weighted by Crippen LogP contribution is 2.36. The molecule has 0 spiro atoms. The SMILES string of the molecule is Cc1ccc(-c2c(-c3cn[nH]c3C)noc2N)cc1. The van der Waals surface area contributed by atoms with E-state index in [2.05, 4.69) is 15.4 Å². The number of benzene rings is 1. The number of nitrogen functional groups attached to an aromatic ring is 1. The zero-order valence-electron chi connectivity index (χ0n) is 10.8. The second-order valence-corrected chi connectivity index (χ2v) is 4.55. The molecule has 0 amide bonds. The minimum atomic E-state index is 0.319. The third kappa shape index (κ3) is 1.89. The predicted octanol–water partition coefficient (Wildman–Crippen LogP) is 2.93. The normalized spacial score (nSPS) is 10.8. The monoisotopic (exact) mass is 254 g/mol. The van der Waals surface area contributed by atoms with E-state index in [1.807, 2.05) is 38.1 Å². The van der Waals surface area contributed by atoms with Crippen LogP contribution < -0.4 is 5.73 Å². The smallest absolute Gasteiger partial charge is 0.230 e. The zero-order valence-corrected chi connectivity index (χ0v) is 10.8. The number of H-pyrrole nitrogens is 1. The Hall–Kier alpha value is -2.56. The molecule has 3 aromatic rings. The lowest BCUT2D eigenvalue weighted by Gasteiger charge is -2.02. The van der Waals surface area contributed by atoms with Gasteiger partial charge in [-0.15, -0.1) is 0 Å². The van der Waals surface area contributed by atoms with Gasteiger partial charge in [0.1, 0.15) is 5.69 Å². The fourth-order valence-electron chi connectivity index (χ4n) is 2.08. The Morgan fingerprint density at radius 3 is 2.53 bits per heavy atom. The van der Waals surface area contributed by atoms with Crippen molar-refractivity contribution >= 4 is 5.88 Å². The number of aromatic nitrogens is 3. The van der Waals surface area contributed by atoms with Crippen molar-refractivity contribution < 1.29 is 4.52 Å². The van der Waals surface area contributed by atoms with Crippen molar-refractivity contribution in [1.29, 1.82) is 0 Å². The van der Waals surface area contributed by atoms with Crippen LogP contribution in [0.25, 0.3) is 22.4 Å². The number of hydrogen-bond acceptors (Lipinski definition) is 4. The van der Waals surface area contributed by atoms with E-state index in [1.165, 1.54) is 5.56 Å². The van der Waals surface area contributed by atoms with Crippen LogP contribution in [0.15, 0.2) is 35.0 Å². The van der Waals surface area contributed by atoms with Crippen molar-refractivity contribution in [1.82, 2.24) is 15.4 Å². The molecule has 0 fully saturated rings. The van der Waals surface area contributed by atoms with Gasteiger partial charge < -0.3 is 10.3 Å². The van der Waals surface area contributed by atoms with Gasteiger partial charge in [-0.3, -0.25) is 5.10 Å². The largest absolute Gasteiger partial charge is 0.367 e. The third-order valence-electron chi connectivity index (χ3n) is 3.14. The maximum absolute atomic E-state index is 5.91. The maximum atomic E-state index is 5.91. The molecule has 0 saturated heterocycles. The molecule has 19 heavy (non-hydrogen) atoms. The fraction of sp³-hybridized carbons (Fsp3) is 0.143. The van der Waals surface area contributed by atoms with Crippen LogP contribution in [0.5, 0.6) is 0 Å². The summed E-state index contributed by atoms with van der Waals surface area (Å²) in [6.45, 7) is 3.98. The number of anilines is 1. The topological polar surface area (TPSA) is 80.7 Å². The van der Waals surface area contributed by atoms with Gasteiger partial charge in [0.05, 0.1) is 11.8 Å². The standard InChI is InChI=1S/C14H14N4O/c1-8-3-5-10(6-4-8)12-13(18-19-14(12)15)11-7-16-17-9(11)2/h3-7H,15H2,1-2H3,(H,16,17). The number of nitrogens with zero attached hydrogens (tertiary/aromatic N) is 2. The van der Waals surface area contributed by atoms with E-state index in [9.17, 15) is 0 Å². The molecule has 0 bridgehead atoms. The Morgan fingerprint density at radius 2 is 1.89 bits per heavy atom. The first kappa shape index (κ1) is 11.5. The highest BCUT2D eigenvalue weighted by Gasteiger charge is 2.19. The predicted molar refractivity (Wildman–Crippen MR) is 73.4 cm³/mol. The van der Waals surface area contributed by atoms with Crippen LogP contribution in [0, 0.1) is 13.8 Å².